The van der Waals surface area contributed by atoms with Crippen LogP contribution >= 0.6 is 11.6 Å². The Morgan fingerprint density at radius 3 is 2.94 bits per heavy atom. The van der Waals surface area contributed by atoms with E-state index in [4.69, 9.17) is 11.6 Å². The lowest BCUT2D eigenvalue weighted by molar-refractivity contribution is -0.116. The van der Waals surface area contributed by atoms with E-state index in [-0.39, 0.29) is 5.91 Å². The number of unbranched alkanes of at least 4 members (excludes halogenated alkanes) is 2. The number of benzene rings is 1. The lowest BCUT2D eigenvalue weighted by Gasteiger charge is -2.00. The molecule has 1 N–H and O–H groups in total. The highest BCUT2D eigenvalue weighted by Gasteiger charge is 1.94. The average Bonchev–Trinajstić information content (AvgIpc) is 2.32. The van der Waals surface area contributed by atoms with E-state index in [1.165, 1.54) is 6.08 Å². The fourth-order valence-corrected chi connectivity index (χ4v) is 1.63. The normalized spacial score (nSPS) is 10.7. The van der Waals surface area contributed by atoms with Gasteiger partial charge in [0.2, 0.25) is 5.91 Å². The molecule has 2 nitrogen and oxygen atoms in total. The maximum absolute atomic E-state index is 11.4. The van der Waals surface area contributed by atoms with Crippen LogP contribution in [0.3, 0.4) is 0 Å². The topological polar surface area (TPSA) is 29.1 Å². The Morgan fingerprint density at radius 2 is 2.24 bits per heavy atom. The van der Waals surface area contributed by atoms with Crippen molar-refractivity contribution in [1.29, 1.82) is 0 Å². The van der Waals surface area contributed by atoms with E-state index in [0.717, 1.165) is 31.4 Å². The van der Waals surface area contributed by atoms with Gasteiger partial charge in [0.15, 0.2) is 0 Å². The van der Waals surface area contributed by atoms with Gasteiger partial charge >= 0.3 is 0 Å². The molecule has 0 aromatic heterocycles. The molecule has 0 radical (unpaired) electrons. The SMILES string of the molecule is CCCCCNC(=O)/C=C/c1cccc(Cl)c1. The molecule has 1 aromatic rings. The minimum Gasteiger partial charge on any atom is -0.353 e. The third-order valence-electron chi connectivity index (χ3n) is 2.36. The quantitative estimate of drug-likeness (QED) is 0.607. The number of carbonyl (C=O) groups excluding carboxylic acids is 1. The van der Waals surface area contributed by atoms with Crippen molar-refractivity contribution in [3.8, 4) is 0 Å². The fraction of sp³-hybridized carbons (Fsp3) is 0.357. The van der Waals surface area contributed by atoms with Gasteiger partial charge in [-0.3, -0.25) is 4.79 Å². The van der Waals surface area contributed by atoms with Crippen LogP contribution in [-0.4, -0.2) is 12.5 Å². The van der Waals surface area contributed by atoms with Crippen LogP contribution in [0.2, 0.25) is 5.02 Å². The Bertz CT molecular complexity index is 388. The standard InChI is InChI=1S/C14H18ClNO/c1-2-3-4-10-16-14(17)9-8-12-6-5-7-13(15)11-12/h5-9,11H,2-4,10H2,1H3,(H,16,17)/b9-8+. The summed E-state index contributed by atoms with van der Waals surface area (Å²) < 4.78 is 0. The predicted octanol–water partition coefficient (Wildman–Crippen LogP) is 3.66. The van der Waals surface area contributed by atoms with Crippen molar-refractivity contribution < 1.29 is 4.79 Å². The maximum Gasteiger partial charge on any atom is 0.243 e. The third-order valence-corrected chi connectivity index (χ3v) is 2.59. The van der Waals surface area contributed by atoms with Gasteiger partial charge in [0.25, 0.3) is 0 Å². The smallest absolute Gasteiger partial charge is 0.243 e. The molecule has 0 fully saturated rings. The van der Waals surface area contributed by atoms with Gasteiger partial charge in [0.1, 0.15) is 0 Å². The number of hydrogen-bond acceptors (Lipinski definition) is 1. The summed E-state index contributed by atoms with van der Waals surface area (Å²) in [6.45, 7) is 2.88. The Labute approximate surface area is 108 Å². The van der Waals surface area contributed by atoms with Crippen molar-refractivity contribution in [2.24, 2.45) is 0 Å². The molecule has 17 heavy (non-hydrogen) atoms. The highest BCUT2D eigenvalue weighted by atomic mass is 35.5. The second kappa shape index (κ2) is 7.91. The van der Waals surface area contributed by atoms with Crippen molar-refractivity contribution in [3.05, 3.63) is 40.9 Å². The van der Waals surface area contributed by atoms with Gasteiger partial charge in [-0.2, -0.15) is 0 Å². The monoisotopic (exact) mass is 251 g/mol. The Hall–Kier alpha value is -1.28. The summed E-state index contributed by atoms with van der Waals surface area (Å²) in [6.07, 6.45) is 6.65. The first kappa shape index (κ1) is 13.8. The van der Waals surface area contributed by atoms with Gasteiger partial charge in [-0.05, 0) is 30.2 Å². The van der Waals surface area contributed by atoms with Gasteiger partial charge in [-0.1, -0.05) is 43.5 Å². The van der Waals surface area contributed by atoms with Gasteiger partial charge in [0.05, 0.1) is 0 Å². The Morgan fingerprint density at radius 1 is 1.41 bits per heavy atom. The molecule has 0 aliphatic carbocycles. The summed E-state index contributed by atoms with van der Waals surface area (Å²) in [5, 5.41) is 3.52. The molecule has 0 atom stereocenters. The summed E-state index contributed by atoms with van der Waals surface area (Å²) in [5.41, 5.74) is 0.932. The highest BCUT2D eigenvalue weighted by molar-refractivity contribution is 6.30. The first-order chi connectivity index (χ1) is 8.22. The number of rotatable bonds is 6. The summed E-state index contributed by atoms with van der Waals surface area (Å²) >= 11 is 5.84. The molecule has 0 bridgehead atoms. The molecular weight excluding hydrogens is 234 g/mol. The molecule has 0 spiro atoms. The van der Waals surface area contributed by atoms with Crippen LogP contribution in [0.4, 0.5) is 0 Å². The van der Waals surface area contributed by atoms with Crippen LogP contribution in [-0.2, 0) is 4.79 Å². The van der Waals surface area contributed by atoms with E-state index in [9.17, 15) is 4.79 Å². The number of hydrogen-bond donors (Lipinski definition) is 1. The molecule has 0 unspecified atom stereocenters. The molecule has 1 amide bonds. The highest BCUT2D eigenvalue weighted by Crippen LogP contribution is 2.11. The van der Waals surface area contributed by atoms with Crippen molar-refractivity contribution in [3.63, 3.8) is 0 Å². The molecular formula is C14H18ClNO. The minimum absolute atomic E-state index is 0.0546. The fourth-order valence-electron chi connectivity index (χ4n) is 1.43. The zero-order valence-corrected chi connectivity index (χ0v) is 10.8. The van der Waals surface area contributed by atoms with Crippen LogP contribution in [0.5, 0.6) is 0 Å². The Balaban J connectivity index is 2.35. The number of amides is 1. The molecule has 0 saturated heterocycles. The predicted molar refractivity (Wildman–Crippen MR) is 73.0 cm³/mol. The van der Waals surface area contributed by atoms with Crippen molar-refractivity contribution in [2.75, 3.05) is 6.54 Å². The second-order valence-electron chi connectivity index (χ2n) is 3.89. The van der Waals surface area contributed by atoms with Crippen molar-refractivity contribution >= 4 is 23.6 Å². The van der Waals surface area contributed by atoms with Crippen LogP contribution in [0.1, 0.15) is 31.7 Å². The molecule has 3 heteroatoms. The Kier molecular flexibility index (Phi) is 6.41. The molecule has 0 aliphatic heterocycles. The zero-order chi connectivity index (χ0) is 12.5. The van der Waals surface area contributed by atoms with E-state index in [1.54, 1.807) is 6.08 Å². The number of nitrogens with one attached hydrogen (secondary N) is 1. The van der Waals surface area contributed by atoms with Gasteiger partial charge < -0.3 is 5.32 Å². The van der Waals surface area contributed by atoms with Crippen molar-refractivity contribution in [2.45, 2.75) is 26.2 Å². The van der Waals surface area contributed by atoms with Crippen LogP contribution in [0.25, 0.3) is 6.08 Å². The molecule has 0 aliphatic rings. The van der Waals surface area contributed by atoms with E-state index < -0.39 is 0 Å². The molecule has 0 heterocycles. The summed E-state index contributed by atoms with van der Waals surface area (Å²) in [5.74, 6) is -0.0546. The number of halogens is 1. The second-order valence-corrected chi connectivity index (χ2v) is 4.32. The first-order valence-electron chi connectivity index (χ1n) is 5.94. The lowest BCUT2D eigenvalue weighted by Crippen LogP contribution is -2.21. The van der Waals surface area contributed by atoms with E-state index in [1.807, 2.05) is 24.3 Å². The maximum atomic E-state index is 11.4. The van der Waals surface area contributed by atoms with Crippen LogP contribution < -0.4 is 5.32 Å². The summed E-state index contributed by atoms with van der Waals surface area (Å²) in [4.78, 5) is 11.4. The first-order valence-corrected chi connectivity index (χ1v) is 6.31. The molecule has 92 valence electrons. The van der Waals surface area contributed by atoms with Crippen molar-refractivity contribution in [1.82, 2.24) is 5.32 Å². The van der Waals surface area contributed by atoms with E-state index in [0.29, 0.717) is 5.02 Å². The van der Waals surface area contributed by atoms with Gasteiger partial charge in [-0.15, -0.1) is 0 Å². The van der Waals surface area contributed by atoms with Gasteiger partial charge in [0, 0.05) is 17.6 Å². The average molecular weight is 252 g/mol. The zero-order valence-electron chi connectivity index (χ0n) is 10.1. The van der Waals surface area contributed by atoms with Crippen LogP contribution in [0, 0.1) is 0 Å². The molecule has 1 aromatic carbocycles. The summed E-state index contributed by atoms with van der Waals surface area (Å²) in [7, 11) is 0. The molecule has 0 saturated carbocycles. The molecule has 1 rings (SSSR count). The van der Waals surface area contributed by atoms with E-state index >= 15 is 0 Å². The van der Waals surface area contributed by atoms with Crippen LogP contribution in [0.15, 0.2) is 30.3 Å². The third kappa shape index (κ3) is 6.12. The van der Waals surface area contributed by atoms with E-state index in [2.05, 4.69) is 12.2 Å². The van der Waals surface area contributed by atoms with Gasteiger partial charge in [-0.25, -0.2) is 0 Å². The summed E-state index contributed by atoms with van der Waals surface area (Å²) in [6, 6.07) is 7.40. The number of carbonyl (C=O) groups is 1. The minimum atomic E-state index is -0.0546. The largest absolute Gasteiger partial charge is 0.353 e. The lowest BCUT2D eigenvalue weighted by atomic mass is 10.2.